The van der Waals surface area contributed by atoms with Gasteiger partial charge >= 0.3 is 17.9 Å². The lowest BCUT2D eigenvalue weighted by atomic mass is 9.42. The van der Waals surface area contributed by atoms with Crippen LogP contribution < -0.4 is 0 Å². The van der Waals surface area contributed by atoms with Gasteiger partial charge in [0.2, 0.25) is 0 Å². The van der Waals surface area contributed by atoms with E-state index in [0.717, 1.165) is 44.9 Å². The minimum Gasteiger partial charge on any atom is -0.469 e. The lowest BCUT2D eigenvalue weighted by Gasteiger charge is -2.63. The Bertz CT molecular complexity index is 825. The van der Waals surface area contributed by atoms with Gasteiger partial charge in [-0.15, -0.1) is 0 Å². The molecular weight excluding hydrogens is 424 g/mol. The summed E-state index contributed by atoms with van der Waals surface area (Å²) in [4.78, 5) is 36.8. The maximum Gasteiger partial charge on any atom is 0.311 e. The summed E-state index contributed by atoms with van der Waals surface area (Å²) >= 11 is 0. The van der Waals surface area contributed by atoms with Crippen molar-refractivity contribution in [3.05, 3.63) is 0 Å². The van der Waals surface area contributed by atoms with E-state index in [1.165, 1.54) is 14.0 Å². The second-order valence-electron chi connectivity index (χ2n) is 12.1. The molecule has 7 nitrogen and oxygen atoms in total. The number of carbonyl (C=O) groups is 3. The quantitative estimate of drug-likeness (QED) is 0.499. The van der Waals surface area contributed by atoms with E-state index >= 15 is 0 Å². The van der Waals surface area contributed by atoms with Crippen LogP contribution in [0, 0.1) is 34.0 Å². The fourth-order valence-corrected chi connectivity index (χ4v) is 8.63. The first kappa shape index (κ1) is 24.5. The Balaban J connectivity index is 1.65. The number of fused-ring (bicyclic) bond motifs is 3. The molecule has 3 saturated carbocycles. The van der Waals surface area contributed by atoms with E-state index in [-0.39, 0.29) is 54.3 Å². The van der Waals surface area contributed by atoms with Gasteiger partial charge in [-0.3, -0.25) is 14.4 Å². The van der Waals surface area contributed by atoms with Gasteiger partial charge in [-0.1, -0.05) is 20.3 Å². The Morgan fingerprint density at radius 1 is 1.12 bits per heavy atom. The van der Waals surface area contributed by atoms with Gasteiger partial charge in [-0.05, 0) is 75.0 Å². The number of hydrogen-bond donors (Lipinski definition) is 1. The third-order valence-corrected chi connectivity index (χ3v) is 9.88. The largest absolute Gasteiger partial charge is 0.469 e. The molecule has 4 fully saturated rings. The van der Waals surface area contributed by atoms with Crippen molar-refractivity contribution in [2.75, 3.05) is 13.7 Å². The Labute approximate surface area is 196 Å². The zero-order valence-electron chi connectivity index (χ0n) is 20.8. The first-order valence-electron chi connectivity index (χ1n) is 12.5. The monoisotopic (exact) mass is 464 g/mol. The molecule has 0 aromatic carbocycles. The van der Waals surface area contributed by atoms with E-state index in [0.29, 0.717) is 12.3 Å². The van der Waals surface area contributed by atoms with Crippen LogP contribution in [0.4, 0.5) is 0 Å². The molecule has 8 atom stereocenters. The van der Waals surface area contributed by atoms with Gasteiger partial charge in [0.15, 0.2) is 0 Å². The predicted octanol–water partition coefficient (Wildman–Crippen LogP) is 3.80. The van der Waals surface area contributed by atoms with Crippen LogP contribution in [-0.2, 0) is 28.6 Å². The van der Waals surface area contributed by atoms with Gasteiger partial charge in [0, 0.05) is 12.3 Å². The number of esters is 3. The normalized spacial score (nSPS) is 47.2. The molecule has 3 aliphatic carbocycles. The van der Waals surface area contributed by atoms with E-state index in [9.17, 15) is 19.5 Å². The first-order chi connectivity index (χ1) is 15.4. The molecule has 4 rings (SSSR count). The number of carbonyl (C=O) groups excluding carboxylic acids is 3. The van der Waals surface area contributed by atoms with Crippen LogP contribution in [0.25, 0.3) is 0 Å². The highest BCUT2D eigenvalue weighted by Crippen LogP contribution is 2.66. The Hall–Kier alpha value is -1.63. The van der Waals surface area contributed by atoms with Crippen molar-refractivity contribution >= 4 is 17.9 Å². The highest BCUT2D eigenvalue weighted by atomic mass is 16.6. The number of methoxy groups -OCH3 is 1. The summed E-state index contributed by atoms with van der Waals surface area (Å²) in [5.74, 6) is -0.0735. The second-order valence-corrected chi connectivity index (χ2v) is 12.1. The molecule has 1 heterocycles. The van der Waals surface area contributed by atoms with Crippen LogP contribution in [0.3, 0.4) is 0 Å². The zero-order chi connectivity index (χ0) is 24.2. The molecular formula is C26H40O7. The minimum atomic E-state index is -1.22. The van der Waals surface area contributed by atoms with Crippen LogP contribution in [0.2, 0.25) is 0 Å². The van der Waals surface area contributed by atoms with Crippen molar-refractivity contribution in [1.82, 2.24) is 0 Å². The summed E-state index contributed by atoms with van der Waals surface area (Å²) in [6.45, 7) is 7.94. The fraction of sp³-hybridized carbons (Fsp3) is 0.885. The second kappa shape index (κ2) is 8.24. The molecule has 0 radical (unpaired) electrons. The molecule has 1 aliphatic heterocycles. The summed E-state index contributed by atoms with van der Waals surface area (Å²) in [5, 5.41) is 11.1. The van der Waals surface area contributed by atoms with Gasteiger partial charge in [-0.2, -0.15) is 0 Å². The van der Waals surface area contributed by atoms with Crippen molar-refractivity contribution in [1.29, 1.82) is 0 Å². The summed E-state index contributed by atoms with van der Waals surface area (Å²) in [6, 6.07) is 0. The number of aliphatic hydroxyl groups is 1. The molecule has 1 unspecified atom stereocenters. The number of ether oxygens (including phenoxy) is 3. The van der Waals surface area contributed by atoms with Gasteiger partial charge < -0.3 is 19.3 Å². The van der Waals surface area contributed by atoms with Gasteiger partial charge in [0.05, 0.1) is 18.9 Å². The fourth-order valence-electron chi connectivity index (χ4n) is 8.63. The molecule has 0 aromatic rings. The molecule has 0 amide bonds. The van der Waals surface area contributed by atoms with Crippen molar-refractivity contribution < 1.29 is 33.7 Å². The molecule has 0 spiro atoms. The van der Waals surface area contributed by atoms with E-state index in [4.69, 9.17) is 14.2 Å². The molecule has 1 N–H and O–H groups in total. The molecule has 4 aliphatic rings. The Kier molecular flexibility index (Phi) is 6.12. The molecule has 33 heavy (non-hydrogen) atoms. The van der Waals surface area contributed by atoms with Crippen LogP contribution in [-0.4, -0.2) is 48.4 Å². The van der Waals surface area contributed by atoms with Crippen LogP contribution in [0.15, 0.2) is 0 Å². The van der Waals surface area contributed by atoms with Crippen molar-refractivity contribution in [2.24, 2.45) is 34.0 Å². The number of rotatable bonds is 4. The minimum absolute atomic E-state index is 0.000413. The standard InChI is InChI=1S/C26H40O7/c1-16(27)33-21-17-7-8-19-24(3,10-6-11-25(19,4)22(29)31-5)18(17)9-12-23(21,2)14-26(30)13-20(28)32-15-26/h17-19,21,30H,6-15H2,1-5H3/t17-,18+,19-,21+,23-,24-,25-,26?/m1/s1. The first-order valence-corrected chi connectivity index (χ1v) is 12.5. The molecule has 0 bridgehead atoms. The van der Waals surface area contributed by atoms with Gasteiger partial charge in [0.1, 0.15) is 18.3 Å². The van der Waals surface area contributed by atoms with E-state index in [2.05, 4.69) is 20.8 Å². The zero-order valence-corrected chi connectivity index (χ0v) is 20.8. The third kappa shape index (κ3) is 3.98. The summed E-state index contributed by atoms with van der Waals surface area (Å²) < 4.78 is 16.4. The van der Waals surface area contributed by atoms with Crippen molar-refractivity contribution in [3.63, 3.8) is 0 Å². The Morgan fingerprint density at radius 3 is 2.45 bits per heavy atom. The maximum atomic E-state index is 12.9. The van der Waals surface area contributed by atoms with E-state index in [1.807, 2.05) is 0 Å². The number of cyclic esters (lactones) is 1. The third-order valence-electron chi connectivity index (χ3n) is 9.88. The SMILES string of the molecule is COC(=O)[C@]1(C)CCC[C@@]2(C)[C@H]1CC[C@H]1[C@H](OC(C)=O)[C@@](C)(CC3(O)COC(=O)C3)CC[C@@H]12. The number of hydrogen-bond acceptors (Lipinski definition) is 7. The van der Waals surface area contributed by atoms with E-state index < -0.39 is 16.4 Å². The van der Waals surface area contributed by atoms with Crippen LogP contribution in [0.5, 0.6) is 0 Å². The summed E-state index contributed by atoms with van der Waals surface area (Å²) in [7, 11) is 1.48. The molecule has 0 aromatic heterocycles. The predicted molar refractivity (Wildman–Crippen MR) is 120 cm³/mol. The average Bonchev–Trinajstić information content (AvgIpc) is 3.06. The van der Waals surface area contributed by atoms with Gasteiger partial charge in [0.25, 0.3) is 0 Å². The summed E-state index contributed by atoms with van der Waals surface area (Å²) in [6.07, 6.45) is 6.42. The topological polar surface area (TPSA) is 99.1 Å². The molecule has 7 heteroatoms. The highest BCUT2D eigenvalue weighted by Gasteiger charge is 2.63. The maximum absolute atomic E-state index is 12.9. The average molecular weight is 465 g/mol. The van der Waals surface area contributed by atoms with Crippen LogP contribution >= 0.6 is 0 Å². The van der Waals surface area contributed by atoms with Gasteiger partial charge in [-0.25, -0.2) is 0 Å². The van der Waals surface area contributed by atoms with Crippen molar-refractivity contribution in [3.8, 4) is 0 Å². The molecule has 1 saturated heterocycles. The Morgan fingerprint density at radius 2 is 1.85 bits per heavy atom. The highest BCUT2D eigenvalue weighted by molar-refractivity contribution is 5.77. The molecule has 186 valence electrons. The lowest BCUT2D eigenvalue weighted by Crippen LogP contribution is -2.61. The summed E-state index contributed by atoms with van der Waals surface area (Å²) in [5.41, 5.74) is -2.18. The smallest absolute Gasteiger partial charge is 0.311 e. The van der Waals surface area contributed by atoms with E-state index in [1.54, 1.807) is 0 Å². The van der Waals surface area contributed by atoms with Crippen molar-refractivity contribution in [2.45, 2.75) is 97.2 Å². The lowest BCUT2D eigenvalue weighted by molar-refractivity contribution is -0.207. The van der Waals surface area contributed by atoms with Crippen LogP contribution in [0.1, 0.15) is 85.5 Å².